The standard InChI is InChI=1S/C16H22FN5O3.BrH/c17-12-2-4-13(5-3-12)24-8-1-9-25-22-15(19)20-14(18)21-16(22)6-10-23-11-7-16;/h2-5H,1,6-11H2,(H4,18,19,20,21);1H. The van der Waals surface area contributed by atoms with Gasteiger partial charge in [-0.05, 0) is 24.3 Å². The molecule has 1 aromatic carbocycles. The molecule has 8 nitrogen and oxygen atoms in total. The molecule has 0 bridgehead atoms. The van der Waals surface area contributed by atoms with Crippen molar-refractivity contribution in [2.45, 2.75) is 24.9 Å². The molecule has 0 aliphatic carbocycles. The second-order valence-corrected chi connectivity index (χ2v) is 5.82. The van der Waals surface area contributed by atoms with Crippen LogP contribution in [-0.4, -0.2) is 49.1 Å². The molecule has 2 aliphatic rings. The average molecular weight is 432 g/mol. The third-order valence-electron chi connectivity index (χ3n) is 4.02. The molecule has 0 amide bonds. The van der Waals surface area contributed by atoms with Crippen molar-refractivity contribution in [3.05, 3.63) is 30.1 Å². The molecule has 10 heteroatoms. The summed E-state index contributed by atoms with van der Waals surface area (Å²) in [7, 11) is 0. The fraction of sp³-hybridized carbons (Fsp3) is 0.500. The van der Waals surface area contributed by atoms with Crippen LogP contribution in [0.4, 0.5) is 4.39 Å². The van der Waals surface area contributed by atoms with Gasteiger partial charge in [-0.15, -0.1) is 17.0 Å². The van der Waals surface area contributed by atoms with E-state index in [1.165, 1.54) is 17.2 Å². The Bertz CT molecular complexity index is 650. The molecule has 1 spiro atoms. The predicted octanol–water partition coefficient (Wildman–Crippen LogP) is 1.56. The Morgan fingerprint density at radius 3 is 2.54 bits per heavy atom. The Hall–Kier alpha value is -1.91. The molecule has 2 heterocycles. The Morgan fingerprint density at radius 2 is 1.85 bits per heavy atom. The van der Waals surface area contributed by atoms with Gasteiger partial charge in [0.15, 0.2) is 5.66 Å². The van der Waals surface area contributed by atoms with Crippen LogP contribution in [0.3, 0.4) is 0 Å². The van der Waals surface area contributed by atoms with E-state index in [1.54, 1.807) is 12.1 Å². The summed E-state index contributed by atoms with van der Waals surface area (Å²) >= 11 is 0. The van der Waals surface area contributed by atoms with Crippen molar-refractivity contribution < 1.29 is 18.7 Å². The van der Waals surface area contributed by atoms with E-state index in [0.717, 1.165) is 0 Å². The third-order valence-corrected chi connectivity index (χ3v) is 4.02. The molecule has 26 heavy (non-hydrogen) atoms. The normalized spacial score (nSPS) is 18.7. The summed E-state index contributed by atoms with van der Waals surface area (Å²) in [5, 5.41) is 1.53. The van der Waals surface area contributed by atoms with E-state index in [9.17, 15) is 4.39 Å². The highest BCUT2D eigenvalue weighted by molar-refractivity contribution is 8.93. The van der Waals surface area contributed by atoms with Gasteiger partial charge in [0.05, 0.1) is 26.4 Å². The summed E-state index contributed by atoms with van der Waals surface area (Å²) in [6.07, 6.45) is 1.86. The Balaban J connectivity index is 0.00000243. The van der Waals surface area contributed by atoms with Gasteiger partial charge >= 0.3 is 0 Å². The van der Waals surface area contributed by atoms with Crippen molar-refractivity contribution in [3.8, 4) is 5.75 Å². The molecule has 144 valence electrons. The number of hydroxylamine groups is 2. The SMILES string of the molecule is Br.NC1=NC2(CCOCC2)N(OCCCOc2ccc(F)cc2)C(N)=N1. The Kier molecular flexibility index (Phi) is 7.18. The van der Waals surface area contributed by atoms with Crippen molar-refractivity contribution in [1.82, 2.24) is 5.06 Å². The Morgan fingerprint density at radius 1 is 1.15 bits per heavy atom. The summed E-state index contributed by atoms with van der Waals surface area (Å²) < 4.78 is 23.8. The number of rotatable bonds is 6. The number of benzene rings is 1. The van der Waals surface area contributed by atoms with Crippen LogP contribution in [0.1, 0.15) is 19.3 Å². The smallest absolute Gasteiger partial charge is 0.226 e. The van der Waals surface area contributed by atoms with Crippen LogP contribution in [0.5, 0.6) is 5.75 Å². The van der Waals surface area contributed by atoms with Gasteiger partial charge in [-0.3, -0.25) is 4.84 Å². The van der Waals surface area contributed by atoms with Gasteiger partial charge in [-0.2, -0.15) is 10.1 Å². The molecule has 2 aliphatic heterocycles. The molecule has 0 unspecified atom stereocenters. The van der Waals surface area contributed by atoms with Gasteiger partial charge < -0.3 is 20.9 Å². The third kappa shape index (κ3) is 4.83. The number of guanidine groups is 2. The molecule has 3 rings (SSSR count). The van der Waals surface area contributed by atoms with Crippen LogP contribution in [0.2, 0.25) is 0 Å². The van der Waals surface area contributed by atoms with Crippen molar-refractivity contribution in [1.29, 1.82) is 0 Å². The lowest BCUT2D eigenvalue weighted by Crippen LogP contribution is -2.59. The van der Waals surface area contributed by atoms with Crippen molar-refractivity contribution >= 4 is 28.9 Å². The number of nitrogens with two attached hydrogens (primary N) is 2. The molecule has 0 aromatic heterocycles. The lowest BCUT2D eigenvalue weighted by molar-refractivity contribution is -0.190. The second kappa shape index (κ2) is 9.15. The molecule has 1 aromatic rings. The lowest BCUT2D eigenvalue weighted by Gasteiger charge is -2.43. The minimum Gasteiger partial charge on any atom is -0.494 e. The van der Waals surface area contributed by atoms with E-state index in [-0.39, 0.29) is 34.7 Å². The van der Waals surface area contributed by atoms with Gasteiger partial charge in [0, 0.05) is 19.3 Å². The first-order valence-electron chi connectivity index (χ1n) is 8.18. The van der Waals surface area contributed by atoms with Gasteiger partial charge in [0.1, 0.15) is 11.6 Å². The summed E-state index contributed by atoms with van der Waals surface area (Å²) in [4.78, 5) is 14.2. The van der Waals surface area contributed by atoms with Crippen LogP contribution >= 0.6 is 17.0 Å². The molecule has 1 saturated heterocycles. The minimum atomic E-state index is -0.661. The molecule has 0 atom stereocenters. The largest absolute Gasteiger partial charge is 0.494 e. The zero-order valence-corrected chi connectivity index (χ0v) is 16.0. The second-order valence-electron chi connectivity index (χ2n) is 5.82. The molecular weight excluding hydrogens is 409 g/mol. The van der Waals surface area contributed by atoms with Crippen molar-refractivity contribution in [2.75, 3.05) is 26.4 Å². The zero-order chi connectivity index (χ0) is 17.7. The fourth-order valence-corrected chi connectivity index (χ4v) is 2.79. The molecule has 1 fully saturated rings. The van der Waals surface area contributed by atoms with Gasteiger partial charge in [0.25, 0.3) is 0 Å². The molecule has 0 radical (unpaired) electrons. The van der Waals surface area contributed by atoms with Crippen molar-refractivity contribution in [2.24, 2.45) is 21.5 Å². The van der Waals surface area contributed by atoms with Crippen LogP contribution in [0.25, 0.3) is 0 Å². The molecule has 4 N–H and O–H groups in total. The number of hydrogen-bond donors (Lipinski definition) is 2. The summed E-state index contributed by atoms with van der Waals surface area (Å²) in [5.41, 5.74) is 11.1. The number of hydrogen-bond acceptors (Lipinski definition) is 8. The number of aliphatic imine (C=N–C) groups is 2. The highest BCUT2D eigenvalue weighted by Crippen LogP contribution is 2.31. The first-order chi connectivity index (χ1) is 12.1. The summed E-state index contributed by atoms with van der Waals surface area (Å²) in [5.74, 6) is 0.656. The topological polar surface area (TPSA) is 108 Å². The summed E-state index contributed by atoms with van der Waals surface area (Å²) in [6, 6.07) is 5.88. The van der Waals surface area contributed by atoms with Crippen LogP contribution in [0, 0.1) is 5.82 Å². The van der Waals surface area contributed by atoms with Crippen LogP contribution < -0.4 is 16.2 Å². The molecule has 0 saturated carbocycles. The monoisotopic (exact) mass is 431 g/mol. The van der Waals surface area contributed by atoms with Gasteiger partial charge in [-0.25, -0.2) is 9.38 Å². The Labute approximate surface area is 161 Å². The van der Waals surface area contributed by atoms with Crippen molar-refractivity contribution in [3.63, 3.8) is 0 Å². The highest BCUT2D eigenvalue weighted by Gasteiger charge is 2.43. The van der Waals surface area contributed by atoms with Gasteiger partial charge in [-0.1, -0.05) is 0 Å². The van der Waals surface area contributed by atoms with E-state index in [1.807, 2.05) is 0 Å². The first-order valence-corrected chi connectivity index (χ1v) is 8.18. The zero-order valence-electron chi connectivity index (χ0n) is 14.3. The van der Waals surface area contributed by atoms with Crippen LogP contribution in [0.15, 0.2) is 34.3 Å². The first kappa shape index (κ1) is 20.4. The number of halogens is 2. The summed E-state index contributed by atoms with van der Waals surface area (Å²) in [6.45, 7) is 1.91. The van der Waals surface area contributed by atoms with E-state index >= 15 is 0 Å². The fourth-order valence-electron chi connectivity index (χ4n) is 2.79. The maximum absolute atomic E-state index is 12.8. The lowest BCUT2D eigenvalue weighted by atomic mass is 10.0. The van der Waals surface area contributed by atoms with E-state index in [0.29, 0.717) is 51.4 Å². The maximum Gasteiger partial charge on any atom is 0.226 e. The number of nitrogens with zero attached hydrogens (tertiary/aromatic N) is 3. The number of ether oxygens (including phenoxy) is 2. The van der Waals surface area contributed by atoms with E-state index < -0.39 is 5.66 Å². The average Bonchev–Trinajstić information content (AvgIpc) is 2.59. The highest BCUT2D eigenvalue weighted by atomic mass is 79.9. The predicted molar refractivity (Wildman–Crippen MR) is 101 cm³/mol. The quantitative estimate of drug-likeness (QED) is 0.661. The maximum atomic E-state index is 12.8. The van der Waals surface area contributed by atoms with Gasteiger partial charge in [0.2, 0.25) is 11.9 Å². The van der Waals surface area contributed by atoms with E-state index in [2.05, 4.69) is 9.98 Å². The molecular formula is C16H23BrFN5O3. The van der Waals surface area contributed by atoms with E-state index in [4.69, 9.17) is 25.8 Å². The minimum absolute atomic E-state index is 0. The van der Waals surface area contributed by atoms with Crippen LogP contribution in [-0.2, 0) is 9.57 Å².